The Labute approximate surface area is 94.0 Å². The lowest BCUT2D eigenvalue weighted by Crippen LogP contribution is -2.37. The largest absolute Gasteiger partial charge is 0.508 e. The van der Waals surface area contributed by atoms with Gasteiger partial charge in [-0.05, 0) is 37.8 Å². The fourth-order valence-corrected chi connectivity index (χ4v) is 3.07. The van der Waals surface area contributed by atoms with E-state index in [4.69, 9.17) is 17.3 Å². The van der Waals surface area contributed by atoms with Gasteiger partial charge >= 0.3 is 0 Å². The Bertz CT molecular complexity index is 401. The normalized spacial score (nSPS) is 24.9. The molecule has 3 N–H and O–H groups in total. The number of nitrogens with two attached hydrogens (primary N) is 1. The van der Waals surface area contributed by atoms with Crippen LogP contribution in [0, 0.1) is 0 Å². The molecule has 15 heavy (non-hydrogen) atoms. The molecule has 1 aromatic carbocycles. The predicted octanol–water partition coefficient (Wildman–Crippen LogP) is 2.57. The van der Waals surface area contributed by atoms with Crippen LogP contribution in [0.1, 0.15) is 31.2 Å². The third-order valence-corrected chi connectivity index (χ3v) is 4.28. The summed E-state index contributed by atoms with van der Waals surface area (Å²) in [6, 6.07) is 5.31. The van der Waals surface area contributed by atoms with E-state index in [2.05, 4.69) is 0 Å². The lowest BCUT2D eigenvalue weighted by molar-refractivity contribution is 0.434. The van der Waals surface area contributed by atoms with Gasteiger partial charge in [0.15, 0.2) is 0 Å². The fraction of sp³-hybridized carbons (Fsp3) is 0.500. The second-order valence-electron chi connectivity index (χ2n) is 4.87. The zero-order chi connectivity index (χ0) is 10.7. The molecule has 2 nitrogen and oxygen atoms in total. The fourth-order valence-electron chi connectivity index (χ4n) is 2.72. The van der Waals surface area contributed by atoms with Crippen molar-refractivity contribution in [2.75, 3.05) is 0 Å². The molecule has 1 aromatic rings. The summed E-state index contributed by atoms with van der Waals surface area (Å²) in [5, 5.41) is 10.6. The van der Waals surface area contributed by atoms with Crippen molar-refractivity contribution in [1.29, 1.82) is 0 Å². The van der Waals surface area contributed by atoms with Crippen LogP contribution in [0.4, 0.5) is 0 Å². The summed E-state index contributed by atoms with van der Waals surface area (Å²) in [7, 11) is 0. The van der Waals surface area contributed by atoms with E-state index in [1.165, 1.54) is 0 Å². The number of phenols is 1. The van der Waals surface area contributed by atoms with Crippen molar-refractivity contribution in [3.63, 3.8) is 0 Å². The molecule has 0 radical (unpaired) electrons. The van der Waals surface area contributed by atoms with Crippen LogP contribution in [0.5, 0.6) is 5.75 Å². The molecule has 0 amide bonds. The lowest BCUT2D eigenvalue weighted by atomic mass is 9.85. The minimum Gasteiger partial charge on any atom is -0.508 e. The second-order valence-corrected chi connectivity index (χ2v) is 5.28. The molecule has 0 unspecified atom stereocenters. The average Bonchev–Trinajstić information content (AvgIpc) is 3.02. The summed E-state index contributed by atoms with van der Waals surface area (Å²) in [6.45, 7) is 0. The minimum absolute atomic E-state index is 0.0323. The van der Waals surface area contributed by atoms with Crippen molar-refractivity contribution in [3.8, 4) is 5.75 Å². The molecule has 0 spiro atoms. The van der Waals surface area contributed by atoms with Crippen LogP contribution in [0.3, 0.4) is 0 Å². The maximum absolute atomic E-state index is 9.92. The highest BCUT2D eigenvalue weighted by molar-refractivity contribution is 6.31. The van der Waals surface area contributed by atoms with Gasteiger partial charge in [-0.1, -0.05) is 17.7 Å². The van der Waals surface area contributed by atoms with Crippen LogP contribution in [0.15, 0.2) is 18.2 Å². The van der Waals surface area contributed by atoms with Crippen LogP contribution in [0.25, 0.3) is 0 Å². The van der Waals surface area contributed by atoms with E-state index in [-0.39, 0.29) is 11.0 Å². The molecule has 2 aliphatic carbocycles. The van der Waals surface area contributed by atoms with Gasteiger partial charge in [0.2, 0.25) is 0 Å². The first-order chi connectivity index (χ1) is 7.09. The Balaban J connectivity index is 2.13. The lowest BCUT2D eigenvalue weighted by Gasteiger charge is -2.25. The molecule has 3 heteroatoms. The van der Waals surface area contributed by atoms with Gasteiger partial charge in [0.1, 0.15) is 5.75 Å². The van der Waals surface area contributed by atoms with E-state index in [1.54, 1.807) is 12.1 Å². The maximum Gasteiger partial charge on any atom is 0.120 e. The quantitative estimate of drug-likeness (QED) is 0.810. The molecule has 2 aliphatic rings. The van der Waals surface area contributed by atoms with E-state index in [0.717, 1.165) is 31.2 Å². The number of rotatable bonds is 2. The highest BCUT2D eigenvalue weighted by Gasteiger charge is 2.65. The van der Waals surface area contributed by atoms with Crippen LogP contribution in [-0.2, 0) is 5.41 Å². The average molecular weight is 224 g/mol. The maximum atomic E-state index is 9.92. The SMILES string of the molecule is NC1(C2(c3c(O)cccc3Cl)CC2)CC1. The number of halogens is 1. The first kappa shape index (κ1) is 9.49. The molecule has 0 saturated heterocycles. The third kappa shape index (κ3) is 1.15. The van der Waals surface area contributed by atoms with Gasteiger partial charge in [-0.2, -0.15) is 0 Å². The minimum atomic E-state index is -0.102. The second kappa shape index (κ2) is 2.69. The van der Waals surface area contributed by atoms with Crippen molar-refractivity contribution in [1.82, 2.24) is 0 Å². The molecular weight excluding hydrogens is 210 g/mol. The molecular formula is C12H14ClNO. The monoisotopic (exact) mass is 223 g/mol. The van der Waals surface area contributed by atoms with Gasteiger partial charge in [0.25, 0.3) is 0 Å². The van der Waals surface area contributed by atoms with E-state index < -0.39 is 0 Å². The van der Waals surface area contributed by atoms with E-state index >= 15 is 0 Å². The summed E-state index contributed by atoms with van der Waals surface area (Å²) in [5.74, 6) is 0.303. The highest BCUT2D eigenvalue weighted by atomic mass is 35.5. The van der Waals surface area contributed by atoms with E-state index in [1.807, 2.05) is 6.07 Å². The van der Waals surface area contributed by atoms with Crippen LogP contribution < -0.4 is 5.73 Å². The molecule has 2 saturated carbocycles. The van der Waals surface area contributed by atoms with Crippen molar-refractivity contribution in [3.05, 3.63) is 28.8 Å². The standard InChI is InChI=1S/C12H14ClNO/c13-8-2-1-3-9(15)10(8)11(4-5-11)12(14)6-7-12/h1-3,15H,4-7,14H2. The molecule has 0 aliphatic heterocycles. The Morgan fingerprint density at radius 2 is 1.87 bits per heavy atom. The Morgan fingerprint density at radius 1 is 1.20 bits per heavy atom. The van der Waals surface area contributed by atoms with Gasteiger partial charge in [-0.15, -0.1) is 0 Å². The predicted molar refractivity (Wildman–Crippen MR) is 60.2 cm³/mol. The van der Waals surface area contributed by atoms with Crippen molar-refractivity contribution < 1.29 is 5.11 Å². The molecule has 80 valence electrons. The summed E-state index contributed by atoms with van der Waals surface area (Å²) in [4.78, 5) is 0. The molecule has 0 heterocycles. The number of hydrogen-bond acceptors (Lipinski definition) is 2. The van der Waals surface area contributed by atoms with Gasteiger partial charge in [0, 0.05) is 21.5 Å². The zero-order valence-electron chi connectivity index (χ0n) is 8.46. The Morgan fingerprint density at radius 3 is 2.33 bits per heavy atom. The van der Waals surface area contributed by atoms with E-state index in [9.17, 15) is 5.11 Å². The van der Waals surface area contributed by atoms with Crippen LogP contribution in [0.2, 0.25) is 5.02 Å². The zero-order valence-corrected chi connectivity index (χ0v) is 9.22. The summed E-state index contributed by atoms with van der Waals surface area (Å²) >= 11 is 6.17. The molecule has 0 aromatic heterocycles. The van der Waals surface area contributed by atoms with Crippen molar-refractivity contribution in [2.45, 2.75) is 36.6 Å². The van der Waals surface area contributed by atoms with Gasteiger partial charge in [-0.25, -0.2) is 0 Å². The summed E-state index contributed by atoms with van der Waals surface area (Å²) in [6.07, 6.45) is 4.22. The first-order valence-electron chi connectivity index (χ1n) is 5.36. The molecule has 3 rings (SSSR count). The topological polar surface area (TPSA) is 46.2 Å². The van der Waals surface area contributed by atoms with E-state index in [0.29, 0.717) is 10.8 Å². The Kier molecular flexibility index (Phi) is 1.70. The van der Waals surface area contributed by atoms with Crippen molar-refractivity contribution in [2.24, 2.45) is 5.73 Å². The summed E-state index contributed by atoms with van der Waals surface area (Å²) < 4.78 is 0. The van der Waals surface area contributed by atoms with Crippen LogP contribution in [-0.4, -0.2) is 10.6 Å². The van der Waals surface area contributed by atoms with Gasteiger partial charge in [0.05, 0.1) is 0 Å². The Hall–Kier alpha value is -0.730. The molecule has 0 bridgehead atoms. The van der Waals surface area contributed by atoms with Gasteiger partial charge in [-0.3, -0.25) is 0 Å². The third-order valence-electron chi connectivity index (χ3n) is 3.96. The molecule has 0 atom stereocenters. The number of hydrogen-bond donors (Lipinski definition) is 2. The van der Waals surface area contributed by atoms with Gasteiger partial charge < -0.3 is 10.8 Å². The summed E-state index contributed by atoms with van der Waals surface area (Å²) in [5.41, 5.74) is 7.03. The first-order valence-corrected chi connectivity index (χ1v) is 5.74. The number of aromatic hydroxyl groups is 1. The number of benzene rings is 1. The van der Waals surface area contributed by atoms with Crippen LogP contribution >= 0.6 is 11.6 Å². The highest BCUT2D eigenvalue weighted by Crippen LogP contribution is 2.66. The smallest absolute Gasteiger partial charge is 0.120 e. The molecule has 2 fully saturated rings. The van der Waals surface area contributed by atoms with Crippen molar-refractivity contribution >= 4 is 11.6 Å². The number of phenolic OH excluding ortho intramolecular Hbond substituents is 1.